The van der Waals surface area contributed by atoms with E-state index in [4.69, 9.17) is 10.8 Å². The van der Waals surface area contributed by atoms with Crippen molar-refractivity contribution in [3.63, 3.8) is 0 Å². The fourth-order valence-corrected chi connectivity index (χ4v) is 1.44. The van der Waals surface area contributed by atoms with Crippen molar-refractivity contribution in [2.24, 2.45) is 5.73 Å². The van der Waals surface area contributed by atoms with Crippen molar-refractivity contribution in [2.45, 2.75) is 12.5 Å². The first-order chi connectivity index (χ1) is 6.88. The fraction of sp³-hybridized carbons (Fsp3) is 0.625. The number of primary amides is 1. The van der Waals surface area contributed by atoms with E-state index in [0.29, 0.717) is 6.54 Å². The average molecular weight is 252 g/mol. The summed E-state index contributed by atoms with van der Waals surface area (Å²) in [5.74, 6) is -2.51. The third-order valence-electron chi connectivity index (χ3n) is 2.39. The highest BCUT2D eigenvalue weighted by molar-refractivity contribution is 6.09. The average Bonchev–Trinajstić information content (AvgIpc) is 2.12. The summed E-state index contributed by atoms with van der Waals surface area (Å²) in [6.45, 7) is 1.54. The summed E-state index contributed by atoms with van der Waals surface area (Å²) < 4.78 is 0. The van der Waals surface area contributed by atoms with Gasteiger partial charge in [-0.3, -0.25) is 19.7 Å². The number of carbonyl (C=O) groups excluding carboxylic acids is 2. The predicted octanol–water partition coefficient (Wildman–Crippen LogP) is -1.83. The number of rotatable bonds is 3. The maximum Gasteiger partial charge on any atom is 0.323 e. The van der Waals surface area contributed by atoms with Gasteiger partial charge in [-0.15, -0.1) is 12.4 Å². The molecule has 0 aromatic heterocycles. The third kappa shape index (κ3) is 2.61. The minimum absolute atomic E-state index is 0. The van der Waals surface area contributed by atoms with E-state index in [9.17, 15) is 14.4 Å². The largest absolute Gasteiger partial charge is 0.480 e. The second-order valence-electron chi connectivity index (χ2n) is 3.54. The number of aliphatic carboxylic acids is 1. The van der Waals surface area contributed by atoms with Crippen LogP contribution in [0.5, 0.6) is 0 Å². The van der Waals surface area contributed by atoms with Gasteiger partial charge >= 0.3 is 5.97 Å². The van der Waals surface area contributed by atoms with Crippen LogP contribution in [0.2, 0.25) is 0 Å². The van der Waals surface area contributed by atoms with Gasteiger partial charge in [-0.25, -0.2) is 0 Å². The van der Waals surface area contributed by atoms with Crippen molar-refractivity contribution in [2.75, 3.05) is 19.6 Å². The molecule has 8 heteroatoms. The van der Waals surface area contributed by atoms with Gasteiger partial charge in [0, 0.05) is 13.1 Å². The fourth-order valence-electron chi connectivity index (χ4n) is 1.44. The first-order valence-electron chi connectivity index (χ1n) is 4.44. The van der Waals surface area contributed by atoms with Crippen LogP contribution in [0.3, 0.4) is 0 Å². The lowest BCUT2D eigenvalue weighted by Gasteiger charge is -2.37. The van der Waals surface area contributed by atoms with Crippen molar-refractivity contribution in [3.05, 3.63) is 0 Å². The molecule has 1 heterocycles. The van der Waals surface area contributed by atoms with Gasteiger partial charge in [-0.1, -0.05) is 0 Å². The zero-order valence-corrected chi connectivity index (χ0v) is 9.54. The molecule has 0 aromatic carbocycles. The number of hydrogen-bond acceptors (Lipinski definition) is 4. The molecule has 0 aliphatic carbocycles. The molecule has 0 radical (unpaired) electrons. The molecule has 1 aliphatic heterocycles. The molecule has 1 saturated heterocycles. The van der Waals surface area contributed by atoms with Gasteiger partial charge in [0.15, 0.2) is 5.54 Å². The maximum atomic E-state index is 11.7. The summed E-state index contributed by atoms with van der Waals surface area (Å²) in [5.41, 5.74) is 3.60. The van der Waals surface area contributed by atoms with Crippen molar-refractivity contribution in [1.29, 1.82) is 0 Å². The number of carbonyl (C=O) groups is 3. The summed E-state index contributed by atoms with van der Waals surface area (Å²) >= 11 is 0. The number of nitrogens with one attached hydrogen (secondary N) is 1. The van der Waals surface area contributed by atoms with Crippen molar-refractivity contribution in [3.8, 4) is 0 Å². The highest BCUT2D eigenvalue weighted by Crippen LogP contribution is 2.12. The number of carboxylic acids is 1. The van der Waals surface area contributed by atoms with Gasteiger partial charge in [0.1, 0.15) is 6.54 Å². The molecule has 16 heavy (non-hydrogen) atoms. The summed E-state index contributed by atoms with van der Waals surface area (Å²) in [4.78, 5) is 34.4. The molecule has 0 aromatic rings. The molecule has 1 rings (SSSR count). The molecular formula is C8H14ClN3O4. The summed E-state index contributed by atoms with van der Waals surface area (Å²) in [7, 11) is 0. The monoisotopic (exact) mass is 251 g/mol. The first-order valence-corrected chi connectivity index (χ1v) is 4.44. The highest BCUT2D eigenvalue weighted by atomic mass is 35.5. The first kappa shape index (κ1) is 14.7. The number of carboxylic acid groups (broad SMARTS) is 1. The Morgan fingerprint density at radius 3 is 2.62 bits per heavy atom. The Hall–Kier alpha value is -1.34. The normalized spacial score (nSPS) is 24.8. The lowest BCUT2D eigenvalue weighted by molar-refractivity contribution is -0.152. The van der Waals surface area contributed by atoms with Gasteiger partial charge in [0.2, 0.25) is 5.91 Å². The van der Waals surface area contributed by atoms with Crippen molar-refractivity contribution < 1.29 is 19.5 Å². The van der Waals surface area contributed by atoms with E-state index in [1.165, 1.54) is 6.92 Å². The van der Waals surface area contributed by atoms with Crippen LogP contribution < -0.4 is 11.1 Å². The summed E-state index contributed by atoms with van der Waals surface area (Å²) in [5, 5.41) is 11.3. The summed E-state index contributed by atoms with van der Waals surface area (Å²) in [6.07, 6.45) is 0. The topological polar surface area (TPSA) is 113 Å². The minimum Gasteiger partial charge on any atom is -0.480 e. The van der Waals surface area contributed by atoms with E-state index in [0.717, 1.165) is 4.90 Å². The van der Waals surface area contributed by atoms with Crippen LogP contribution in [0.15, 0.2) is 0 Å². The van der Waals surface area contributed by atoms with Gasteiger partial charge in [-0.05, 0) is 6.92 Å². The van der Waals surface area contributed by atoms with Gasteiger partial charge < -0.3 is 15.7 Å². The Morgan fingerprint density at radius 1 is 1.62 bits per heavy atom. The predicted molar refractivity (Wildman–Crippen MR) is 57.1 cm³/mol. The summed E-state index contributed by atoms with van der Waals surface area (Å²) in [6, 6.07) is 0. The SMILES string of the molecule is C[C@@]1(C(N)=O)NCCN(CC(=O)O)C1=O.Cl. The van der Waals surface area contributed by atoms with Crippen LogP contribution in [0.4, 0.5) is 0 Å². The van der Waals surface area contributed by atoms with Gasteiger partial charge in [0.05, 0.1) is 0 Å². The molecule has 0 bridgehead atoms. The van der Waals surface area contributed by atoms with Crippen molar-refractivity contribution in [1.82, 2.24) is 10.2 Å². The van der Waals surface area contributed by atoms with E-state index in [2.05, 4.69) is 5.32 Å². The van der Waals surface area contributed by atoms with Crippen molar-refractivity contribution >= 4 is 30.2 Å². The Kier molecular flexibility index (Phi) is 4.70. The molecule has 0 unspecified atom stereocenters. The Morgan fingerprint density at radius 2 is 2.19 bits per heavy atom. The lowest BCUT2D eigenvalue weighted by Crippen LogP contribution is -2.68. The standard InChI is InChI=1S/C8H13N3O4.ClH/c1-8(6(9)14)7(15)11(3-2-10-8)4-5(12)13;/h10H,2-4H2,1H3,(H2,9,14)(H,12,13);1H/t8-;/m0./s1. The molecule has 7 nitrogen and oxygen atoms in total. The molecular weight excluding hydrogens is 238 g/mol. The van der Waals surface area contributed by atoms with E-state index in [1.807, 2.05) is 0 Å². The Labute approximate surface area is 98.4 Å². The van der Waals surface area contributed by atoms with Crippen LogP contribution in [0.25, 0.3) is 0 Å². The third-order valence-corrected chi connectivity index (χ3v) is 2.39. The number of nitrogens with two attached hydrogens (primary N) is 1. The highest BCUT2D eigenvalue weighted by Gasteiger charge is 2.44. The lowest BCUT2D eigenvalue weighted by atomic mass is 9.97. The molecule has 4 N–H and O–H groups in total. The molecule has 92 valence electrons. The number of halogens is 1. The zero-order chi connectivity index (χ0) is 11.6. The number of amides is 2. The minimum atomic E-state index is -1.49. The van der Waals surface area contributed by atoms with Crippen LogP contribution in [-0.4, -0.2) is 53.0 Å². The van der Waals surface area contributed by atoms with E-state index >= 15 is 0 Å². The van der Waals surface area contributed by atoms with Crippen LogP contribution in [0.1, 0.15) is 6.92 Å². The number of piperazine rings is 1. The van der Waals surface area contributed by atoms with E-state index < -0.39 is 29.9 Å². The van der Waals surface area contributed by atoms with Crippen LogP contribution in [-0.2, 0) is 14.4 Å². The molecule has 0 spiro atoms. The molecule has 1 fully saturated rings. The van der Waals surface area contributed by atoms with Crippen LogP contribution >= 0.6 is 12.4 Å². The molecule has 1 atom stereocenters. The molecule has 0 saturated carbocycles. The molecule has 1 aliphatic rings. The second kappa shape index (κ2) is 5.13. The Bertz CT molecular complexity index is 322. The Balaban J connectivity index is 0.00000225. The quantitative estimate of drug-likeness (QED) is 0.511. The van der Waals surface area contributed by atoms with Gasteiger partial charge in [0.25, 0.3) is 5.91 Å². The number of nitrogens with zero attached hydrogens (tertiary/aromatic N) is 1. The van der Waals surface area contributed by atoms with Crippen LogP contribution in [0, 0.1) is 0 Å². The van der Waals surface area contributed by atoms with E-state index in [1.54, 1.807) is 0 Å². The molecule has 2 amide bonds. The van der Waals surface area contributed by atoms with E-state index in [-0.39, 0.29) is 19.0 Å². The second-order valence-corrected chi connectivity index (χ2v) is 3.54. The maximum absolute atomic E-state index is 11.7. The zero-order valence-electron chi connectivity index (χ0n) is 8.73. The smallest absolute Gasteiger partial charge is 0.323 e. The number of hydrogen-bond donors (Lipinski definition) is 3. The van der Waals surface area contributed by atoms with Gasteiger partial charge in [-0.2, -0.15) is 0 Å².